The molecule has 7 heteroatoms. The van der Waals surface area contributed by atoms with Gasteiger partial charge in [0, 0.05) is 16.7 Å². The highest BCUT2D eigenvalue weighted by Gasteiger charge is 2.10. The van der Waals surface area contributed by atoms with E-state index in [2.05, 4.69) is 32.0 Å². The third-order valence-corrected chi connectivity index (χ3v) is 5.17. The number of nitriles is 1. The number of nitrogens with one attached hydrogen (secondary N) is 2. The number of benzene rings is 2. The molecule has 0 aliphatic heterocycles. The molecule has 0 unspecified atom stereocenters. The van der Waals surface area contributed by atoms with E-state index < -0.39 is 10.0 Å². The molecule has 5 nitrogen and oxygen atoms in total. The zero-order valence-corrected chi connectivity index (χ0v) is 14.2. The molecule has 0 atom stereocenters. The lowest BCUT2D eigenvalue weighted by Crippen LogP contribution is -2.18. The first-order valence-corrected chi connectivity index (χ1v) is 8.70. The van der Waals surface area contributed by atoms with E-state index in [4.69, 9.17) is 5.26 Å². The number of nitrogens with zero attached hydrogens (tertiary/aromatic N) is 1. The van der Waals surface area contributed by atoms with Crippen LogP contribution in [0.1, 0.15) is 11.1 Å². The van der Waals surface area contributed by atoms with Crippen LogP contribution in [0.2, 0.25) is 0 Å². The lowest BCUT2D eigenvalue weighted by Gasteiger charge is -2.09. The van der Waals surface area contributed by atoms with E-state index in [1.165, 1.54) is 7.05 Å². The molecule has 0 fully saturated rings. The Bertz CT molecular complexity index is 812. The van der Waals surface area contributed by atoms with Crippen LogP contribution in [0.4, 0.5) is 5.69 Å². The number of anilines is 1. The van der Waals surface area contributed by atoms with Crippen LogP contribution >= 0.6 is 15.9 Å². The Hall–Kier alpha value is -1.88. The Morgan fingerprint density at radius 2 is 1.86 bits per heavy atom. The minimum atomic E-state index is -3.41. The topological polar surface area (TPSA) is 82.0 Å². The van der Waals surface area contributed by atoms with Crippen molar-refractivity contribution in [3.05, 3.63) is 58.1 Å². The standard InChI is InChI=1S/C15H14BrN3O2S/c1-18-22(20,21)13-5-2-11(3-6-13)10-19-15-7-4-12(9-17)8-14(15)16/h2-8,18-19H,10H2,1H3. The van der Waals surface area contributed by atoms with Gasteiger partial charge in [-0.1, -0.05) is 12.1 Å². The quantitative estimate of drug-likeness (QED) is 0.836. The van der Waals surface area contributed by atoms with E-state index in [-0.39, 0.29) is 4.90 Å². The second-order valence-corrected chi connectivity index (χ2v) is 7.25. The molecule has 0 aliphatic carbocycles. The third kappa shape index (κ3) is 3.85. The zero-order chi connectivity index (χ0) is 16.2. The van der Waals surface area contributed by atoms with Crippen molar-refractivity contribution in [2.45, 2.75) is 11.4 Å². The van der Waals surface area contributed by atoms with Gasteiger partial charge in [0.2, 0.25) is 10.0 Å². The maximum atomic E-state index is 11.6. The van der Waals surface area contributed by atoms with Crippen LogP contribution in [0, 0.1) is 11.3 Å². The molecule has 2 aromatic rings. The fraction of sp³-hybridized carbons (Fsp3) is 0.133. The molecule has 0 amide bonds. The van der Waals surface area contributed by atoms with E-state index in [1.54, 1.807) is 36.4 Å². The van der Waals surface area contributed by atoms with Crippen LogP contribution in [-0.2, 0) is 16.6 Å². The molecule has 0 aliphatic rings. The summed E-state index contributed by atoms with van der Waals surface area (Å²) in [6, 6.07) is 14.0. The summed E-state index contributed by atoms with van der Waals surface area (Å²) in [5.74, 6) is 0. The third-order valence-electron chi connectivity index (χ3n) is 3.08. The van der Waals surface area contributed by atoms with E-state index in [0.717, 1.165) is 15.7 Å². The van der Waals surface area contributed by atoms with Gasteiger partial charge < -0.3 is 5.32 Å². The van der Waals surface area contributed by atoms with Crippen LogP contribution in [0.5, 0.6) is 0 Å². The average Bonchev–Trinajstić information content (AvgIpc) is 2.54. The number of hydrogen-bond acceptors (Lipinski definition) is 4. The highest BCUT2D eigenvalue weighted by molar-refractivity contribution is 9.10. The van der Waals surface area contributed by atoms with Gasteiger partial charge in [0.25, 0.3) is 0 Å². The van der Waals surface area contributed by atoms with Crippen LogP contribution < -0.4 is 10.0 Å². The predicted molar refractivity (Wildman–Crippen MR) is 88.9 cm³/mol. The number of hydrogen-bond donors (Lipinski definition) is 2. The van der Waals surface area contributed by atoms with Gasteiger partial charge in [0.15, 0.2) is 0 Å². The highest BCUT2D eigenvalue weighted by atomic mass is 79.9. The fourth-order valence-electron chi connectivity index (χ4n) is 1.83. The summed E-state index contributed by atoms with van der Waals surface area (Å²) < 4.78 is 26.4. The van der Waals surface area contributed by atoms with Crippen LogP contribution in [0.3, 0.4) is 0 Å². The molecule has 0 radical (unpaired) electrons. The first kappa shape index (κ1) is 16.5. The largest absolute Gasteiger partial charge is 0.380 e. The van der Waals surface area contributed by atoms with Crippen LogP contribution in [0.25, 0.3) is 0 Å². The van der Waals surface area contributed by atoms with E-state index in [1.807, 2.05) is 6.07 Å². The summed E-state index contributed by atoms with van der Waals surface area (Å²) >= 11 is 3.41. The van der Waals surface area contributed by atoms with Gasteiger partial charge in [-0.05, 0) is 58.9 Å². The molecule has 0 saturated heterocycles. The summed E-state index contributed by atoms with van der Waals surface area (Å²) in [5, 5.41) is 12.1. The first-order chi connectivity index (χ1) is 10.5. The molecule has 2 N–H and O–H groups in total. The van der Waals surface area contributed by atoms with Crippen molar-refractivity contribution < 1.29 is 8.42 Å². The Labute approximate surface area is 138 Å². The molecule has 0 saturated carbocycles. The number of sulfonamides is 1. The normalized spacial score (nSPS) is 11.0. The number of halogens is 1. The lowest BCUT2D eigenvalue weighted by molar-refractivity contribution is 0.588. The summed E-state index contributed by atoms with van der Waals surface area (Å²) in [7, 11) is -2.02. The highest BCUT2D eigenvalue weighted by Crippen LogP contribution is 2.24. The predicted octanol–water partition coefficient (Wildman–Crippen LogP) is 2.84. The van der Waals surface area contributed by atoms with Crippen molar-refractivity contribution >= 4 is 31.6 Å². The van der Waals surface area contributed by atoms with Gasteiger partial charge in [-0.25, -0.2) is 13.1 Å². The molecule has 0 spiro atoms. The van der Waals surface area contributed by atoms with Crippen molar-refractivity contribution in [1.29, 1.82) is 5.26 Å². The average molecular weight is 380 g/mol. The molecule has 0 aromatic heterocycles. The molecular weight excluding hydrogens is 366 g/mol. The van der Waals surface area contributed by atoms with E-state index in [0.29, 0.717) is 12.1 Å². The van der Waals surface area contributed by atoms with Gasteiger partial charge in [-0.15, -0.1) is 0 Å². The minimum Gasteiger partial charge on any atom is -0.380 e. The van der Waals surface area contributed by atoms with Crippen molar-refractivity contribution in [1.82, 2.24) is 4.72 Å². The summed E-state index contributed by atoms with van der Waals surface area (Å²) in [5.41, 5.74) is 2.40. The Kier molecular flexibility index (Phi) is 5.19. The van der Waals surface area contributed by atoms with Crippen molar-refractivity contribution in [3.8, 4) is 6.07 Å². The molecule has 0 bridgehead atoms. The van der Waals surface area contributed by atoms with Crippen molar-refractivity contribution in [3.63, 3.8) is 0 Å². The second kappa shape index (κ2) is 6.92. The molecule has 2 aromatic carbocycles. The molecule has 0 heterocycles. The Morgan fingerprint density at radius 1 is 1.18 bits per heavy atom. The summed E-state index contributed by atoms with van der Waals surface area (Å²) in [6.07, 6.45) is 0. The maximum Gasteiger partial charge on any atom is 0.240 e. The Morgan fingerprint density at radius 3 is 2.41 bits per heavy atom. The minimum absolute atomic E-state index is 0.235. The lowest BCUT2D eigenvalue weighted by atomic mass is 10.2. The summed E-state index contributed by atoms with van der Waals surface area (Å²) in [6.45, 7) is 0.546. The van der Waals surface area contributed by atoms with Gasteiger partial charge >= 0.3 is 0 Å². The molecule has 114 valence electrons. The van der Waals surface area contributed by atoms with Gasteiger partial charge in [-0.2, -0.15) is 5.26 Å². The molecule has 2 rings (SSSR count). The maximum absolute atomic E-state index is 11.6. The SMILES string of the molecule is CNS(=O)(=O)c1ccc(CNc2ccc(C#N)cc2Br)cc1. The van der Waals surface area contributed by atoms with Crippen LogP contribution in [-0.4, -0.2) is 15.5 Å². The summed E-state index contributed by atoms with van der Waals surface area (Å²) in [4.78, 5) is 0.235. The van der Waals surface area contributed by atoms with Gasteiger partial charge in [-0.3, -0.25) is 0 Å². The van der Waals surface area contributed by atoms with Gasteiger partial charge in [0.1, 0.15) is 0 Å². The molecule has 22 heavy (non-hydrogen) atoms. The van der Waals surface area contributed by atoms with E-state index >= 15 is 0 Å². The smallest absolute Gasteiger partial charge is 0.240 e. The first-order valence-electron chi connectivity index (χ1n) is 6.42. The Balaban J connectivity index is 2.08. The molecular formula is C15H14BrN3O2S. The van der Waals surface area contributed by atoms with Crippen molar-refractivity contribution in [2.75, 3.05) is 12.4 Å². The number of rotatable bonds is 5. The van der Waals surface area contributed by atoms with Crippen molar-refractivity contribution in [2.24, 2.45) is 0 Å². The van der Waals surface area contributed by atoms with E-state index in [9.17, 15) is 8.42 Å². The second-order valence-electron chi connectivity index (χ2n) is 4.51. The van der Waals surface area contributed by atoms with Gasteiger partial charge in [0.05, 0.1) is 16.5 Å². The monoisotopic (exact) mass is 379 g/mol. The fourth-order valence-corrected chi connectivity index (χ4v) is 3.08. The van der Waals surface area contributed by atoms with Crippen LogP contribution in [0.15, 0.2) is 51.8 Å². The zero-order valence-electron chi connectivity index (χ0n) is 11.8.